The van der Waals surface area contributed by atoms with E-state index in [1.54, 1.807) is 12.1 Å². The molecule has 0 bridgehead atoms. The van der Waals surface area contributed by atoms with Crippen LogP contribution in [0.15, 0.2) is 18.2 Å². The predicted molar refractivity (Wildman–Crippen MR) is 63.3 cm³/mol. The van der Waals surface area contributed by atoms with Crippen molar-refractivity contribution < 1.29 is 4.79 Å². The molecular formula is C10H8Cl3NO. The highest BCUT2D eigenvalue weighted by molar-refractivity contribution is 6.77. The van der Waals surface area contributed by atoms with Gasteiger partial charge in [0, 0.05) is 17.8 Å². The van der Waals surface area contributed by atoms with E-state index >= 15 is 0 Å². The second-order valence-corrected chi connectivity index (χ2v) is 5.66. The minimum Gasteiger partial charge on any atom is -0.384 e. The molecule has 0 fully saturated rings. The molecule has 0 atom stereocenters. The molecule has 0 radical (unpaired) electrons. The van der Waals surface area contributed by atoms with Crippen LogP contribution in [0.4, 0.5) is 5.69 Å². The zero-order chi connectivity index (χ0) is 11.1. The van der Waals surface area contributed by atoms with Crippen molar-refractivity contribution in [3.05, 3.63) is 29.3 Å². The lowest BCUT2D eigenvalue weighted by atomic mass is 10.1. The monoisotopic (exact) mass is 263 g/mol. The van der Waals surface area contributed by atoms with Crippen LogP contribution in [0.25, 0.3) is 0 Å². The van der Waals surface area contributed by atoms with Gasteiger partial charge in [0.25, 0.3) is 3.79 Å². The summed E-state index contributed by atoms with van der Waals surface area (Å²) >= 11 is 16.6. The van der Waals surface area contributed by atoms with E-state index in [2.05, 4.69) is 5.32 Å². The first kappa shape index (κ1) is 11.1. The van der Waals surface area contributed by atoms with Crippen LogP contribution in [0.3, 0.4) is 0 Å². The quantitative estimate of drug-likeness (QED) is 0.623. The van der Waals surface area contributed by atoms with Gasteiger partial charge in [0.15, 0.2) is 0 Å². The fourth-order valence-corrected chi connectivity index (χ4v) is 1.94. The van der Waals surface area contributed by atoms with Gasteiger partial charge in [-0.15, -0.1) is 0 Å². The summed E-state index contributed by atoms with van der Waals surface area (Å²) in [5.41, 5.74) is 2.59. The number of rotatable bonds is 1. The molecule has 0 aromatic heterocycles. The number of fused-ring (bicyclic) bond motifs is 1. The molecule has 1 aromatic carbocycles. The largest absolute Gasteiger partial charge is 0.384 e. The zero-order valence-electron chi connectivity index (χ0n) is 7.69. The second-order valence-electron chi connectivity index (χ2n) is 3.38. The predicted octanol–water partition coefficient (Wildman–Crippen LogP) is 3.21. The summed E-state index contributed by atoms with van der Waals surface area (Å²) in [5, 5.41) is 3.19. The molecule has 2 rings (SSSR count). The molecule has 0 spiro atoms. The van der Waals surface area contributed by atoms with E-state index in [0.29, 0.717) is 5.56 Å². The normalized spacial score (nSPS) is 14.6. The number of hydrogen-bond donors (Lipinski definition) is 1. The van der Waals surface area contributed by atoms with Crippen molar-refractivity contribution in [1.29, 1.82) is 0 Å². The minimum absolute atomic E-state index is 0.442. The van der Waals surface area contributed by atoms with E-state index in [0.717, 1.165) is 24.2 Å². The van der Waals surface area contributed by atoms with Gasteiger partial charge in [-0.3, -0.25) is 4.79 Å². The van der Waals surface area contributed by atoms with Crippen molar-refractivity contribution in [2.45, 2.75) is 10.2 Å². The summed E-state index contributed by atoms with van der Waals surface area (Å²) < 4.78 is -1.87. The first-order chi connectivity index (χ1) is 6.98. The fourth-order valence-electron chi connectivity index (χ4n) is 1.61. The Morgan fingerprint density at radius 2 is 2.07 bits per heavy atom. The zero-order valence-corrected chi connectivity index (χ0v) is 9.96. The summed E-state index contributed by atoms with van der Waals surface area (Å²) in [6.07, 6.45) is 0.899. The van der Waals surface area contributed by atoms with Crippen molar-refractivity contribution in [3.8, 4) is 0 Å². The van der Waals surface area contributed by atoms with Gasteiger partial charge in [-0.25, -0.2) is 0 Å². The van der Waals surface area contributed by atoms with Gasteiger partial charge in [0.05, 0.1) is 0 Å². The number of nitrogens with one attached hydrogen (secondary N) is 1. The van der Waals surface area contributed by atoms with Crippen molar-refractivity contribution in [2.24, 2.45) is 0 Å². The lowest BCUT2D eigenvalue weighted by Crippen LogP contribution is -2.18. The van der Waals surface area contributed by atoms with Crippen LogP contribution >= 0.6 is 34.8 Å². The van der Waals surface area contributed by atoms with Crippen LogP contribution in [0.2, 0.25) is 0 Å². The van der Waals surface area contributed by atoms with Crippen LogP contribution in [0.5, 0.6) is 0 Å². The summed E-state index contributed by atoms with van der Waals surface area (Å²) in [6, 6.07) is 5.28. The Morgan fingerprint density at radius 1 is 1.33 bits per heavy atom. The van der Waals surface area contributed by atoms with E-state index in [4.69, 9.17) is 34.8 Å². The molecule has 0 saturated heterocycles. The Hall–Kier alpha value is -0.440. The molecule has 1 aliphatic heterocycles. The standard InChI is InChI=1S/C10H8Cl3NO/c11-10(12,13)9(15)7-1-2-8-6(5-7)3-4-14-8/h1-2,5,14H,3-4H2. The molecule has 1 aromatic rings. The number of carbonyl (C=O) groups excluding carboxylic acids is 1. The average Bonchev–Trinajstić information content (AvgIpc) is 2.61. The molecule has 0 aliphatic carbocycles. The van der Waals surface area contributed by atoms with Crippen LogP contribution in [0, 0.1) is 0 Å². The molecule has 0 unspecified atom stereocenters. The number of hydrogen-bond acceptors (Lipinski definition) is 2. The maximum absolute atomic E-state index is 11.6. The van der Waals surface area contributed by atoms with Crippen molar-refractivity contribution in [3.63, 3.8) is 0 Å². The molecule has 0 saturated carbocycles. The number of anilines is 1. The molecule has 15 heavy (non-hydrogen) atoms. The second kappa shape index (κ2) is 3.85. The highest BCUT2D eigenvalue weighted by Crippen LogP contribution is 2.32. The van der Waals surface area contributed by atoms with Gasteiger partial charge < -0.3 is 5.32 Å². The van der Waals surface area contributed by atoms with E-state index in [-0.39, 0.29) is 0 Å². The maximum atomic E-state index is 11.6. The van der Waals surface area contributed by atoms with Gasteiger partial charge in [0.1, 0.15) is 0 Å². The molecule has 1 N–H and O–H groups in total. The first-order valence-corrected chi connectivity index (χ1v) is 5.60. The highest BCUT2D eigenvalue weighted by atomic mass is 35.6. The Balaban J connectivity index is 2.35. The summed E-state index contributed by atoms with van der Waals surface area (Å²) in [4.78, 5) is 11.6. The topological polar surface area (TPSA) is 29.1 Å². The minimum atomic E-state index is -1.87. The molecular weight excluding hydrogens is 256 g/mol. The fraction of sp³-hybridized carbons (Fsp3) is 0.300. The summed E-state index contributed by atoms with van der Waals surface area (Å²) in [7, 11) is 0. The molecule has 2 nitrogen and oxygen atoms in total. The lowest BCUT2D eigenvalue weighted by molar-refractivity contribution is 0.0996. The Kier molecular flexibility index (Phi) is 2.84. The van der Waals surface area contributed by atoms with Crippen LogP contribution in [0.1, 0.15) is 15.9 Å². The number of ketones is 1. The molecule has 80 valence electrons. The number of alkyl halides is 3. The third-order valence-electron chi connectivity index (χ3n) is 2.33. The van der Waals surface area contributed by atoms with Crippen LogP contribution in [-0.4, -0.2) is 16.1 Å². The SMILES string of the molecule is O=C(c1ccc2c(c1)CCN2)C(Cl)(Cl)Cl. The Morgan fingerprint density at radius 3 is 2.73 bits per heavy atom. The molecule has 1 aliphatic rings. The average molecular weight is 265 g/mol. The van der Waals surface area contributed by atoms with Crippen LogP contribution in [-0.2, 0) is 6.42 Å². The molecule has 1 heterocycles. The van der Waals surface area contributed by atoms with Gasteiger partial charge in [-0.05, 0) is 30.2 Å². The van der Waals surface area contributed by atoms with Crippen LogP contribution < -0.4 is 5.32 Å². The van der Waals surface area contributed by atoms with Crippen molar-refractivity contribution >= 4 is 46.3 Å². The lowest BCUT2D eigenvalue weighted by Gasteiger charge is -2.10. The summed E-state index contributed by atoms with van der Waals surface area (Å²) in [6.45, 7) is 0.890. The molecule has 5 heteroatoms. The van der Waals surface area contributed by atoms with E-state index < -0.39 is 9.58 Å². The number of benzene rings is 1. The number of halogens is 3. The third-order valence-corrected chi connectivity index (χ3v) is 2.85. The molecule has 0 amide bonds. The van der Waals surface area contributed by atoms with Gasteiger partial charge in [0.2, 0.25) is 5.78 Å². The maximum Gasteiger partial charge on any atom is 0.253 e. The number of Topliss-reactive ketones (excluding diaryl/α,β-unsaturated/α-hetero) is 1. The van der Waals surface area contributed by atoms with Gasteiger partial charge in [-0.1, -0.05) is 34.8 Å². The van der Waals surface area contributed by atoms with E-state index in [1.165, 1.54) is 0 Å². The van der Waals surface area contributed by atoms with Gasteiger partial charge >= 0.3 is 0 Å². The van der Waals surface area contributed by atoms with Crippen molar-refractivity contribution in [2.75, 3.05) is 11.9 Å². The number of carbonyl (C=O) groups is 1. The van der Waals surface area contributed by atoms with Crippen molar-refractivity contribution in [1.82, 2.24) is 0 Å². The Labute approximate surface area is 103 Å². The van der Waals surface area contributed by atoms with Gasteiger partial charge in [-0.2, -0.15) is 0 Å². The summed E-state index contributed by atoms with van der Waals surface area (Å²) in [5.74, 6) is -0.484. The van der Waals surface area contributed by atoms with E-state index in [9.17, 15) is 4.79 Å². The Bertz CT molecular complexity index is 412. The third kappa shape index (κ3) is 2.22. The van der Waals surface area contributed by atoms with E-state index in [1.807, 2.05) is 6.07 Å². The first-order valence-electron chi connectivity index (χ1n) is 4.47. The smallest absolute Gasteiger partial charge is 0.253 e. The highest BCUT2D eigenvalue weighted by Gasteiger charge is 2.32.